The molecule has 0 saturated heterocycles. The average molecular weight is 386 g/mol. The zero-order valence-corrected chi connectivity index (χ0v) is 16.1. The van der Waals surface area contributed by atoms with Crippen molar-refractivity contribution in [2.24, 2.45) is 0 Å². The number of amides is 1. The molecule has 0 aliphatic rings. The molecule has 0 spiro atoms. The Kier molecular flexibility index (Phi) is 6.25. The van der Waals surface area contributed by atoms with Gasteiger partial charge in [0.2, 0.25) is 5.13 Å². The summed E-state index contributed by atoms with van der Waals surface area (Å²) in [5.41, 5.74) is 1.71. The molecule has 3 rings (SSSR count). The molecule has 0 bridgehead atoms. The maximum absolute atomic E-state index is 12.5. The number of rotatable bonds is 7. The predicted octanol–water partition coefficient (Wildman–Crippen LogP) is 5.04. The van der Waals surface area contributed by atoms with E-state index in [1.807, 2.05) is 31.2 Å². The lowest BCUT2D eigenvalue weighted by atomic mass is 10.2. The summed E-state index contributed by atoms with van der Waals surface area (Å²) < 4.78 is 6.32. The van der Waals surface area contributed by atoms with Crippen molar-refractivity contribution >= 4 is 34.1 Å². The fourth-order valence-electron chi connectivity index (χ4n) is 2.35. The van der Waals surface area contributed by atoms with Gasteiger partial charge in [-0.3, -0.25) is 10.1 Å². The second kappa shape index (κ2) is 8.82. The minimum atomic E-state index is -0.252. The van der Waals surface area contributed by atoms with Crippen molar-refractivity contribution in [2.75, 3.05) is 11.9 Å². The van der Waals surface area contributed by atoms with Crippen LogP contribution in [0.15, 0.2) is 58.9 Å². The highest BCUT2D eigenvalue weighted by Crippen LogP contribution is 2.37. The molecule has 134 valence electrons. The number of ether oxygens (including phenoxy) is 1. The van der Waals surface area contributed by atoms with Crippen LogP contribution in [-0.4, -0.2) is 22.7 Å². The van der Waals surface area contributed by atoms with Crippen molar-refractivity contribution in [3.05, 3.63) is 65.7 Å². The van der Waals surface area contributed by atoms with E-state index < -0.39 is 0 Å². The maximum Gasteiger partial charge on any atom is 0.261 e. The van der Waals surface area contributed by atoms with E-state index in [1.165, 1.54) is 16.9 Å². The van der Waals surface area contributed by atoms with Gasteiger partial charge < -0.3 is 4.74 Å². The van der Waals surface area contributed by atoms with Gasteiger partial charge in [0, 0.05) is 5.25 Å². The molecule has 1 atom stereocenters. The van der Waals surface area contributed by atoms with E-state index in [0.29, 0.717) is 23.1 Å². The number of hydrogen-bond donors (Lipinski definition) is 1. The zero-order chi connectivity index (χ0) is 18.4. The molecule has 1 amide bonds. The lowest BCUT2D eigenvalue weighted by Gasteiger charge is -2.09. The molecule has 7 heteroatoms. The molecule has 1 N–H and O–H groups in total. The predicted molar refractivity (Wildman–Crippen MR) is 106 cm³/mol. The van der Waals surface area contributed by atoms with Gasteiger partial charge in [-0.1, -0.05) is 65.6 Å². The molecule has 0 saturated carbocycles. The van der Waals surface area contributed by atoms with Gasteiger partial charge in [-0.2, -0.15) is 0 Å². The van der Waals surface area contributed by atoms with Gasteiger partial charge in [0.1, 0.15) is 5.75 Å². The second-order valence-corrected chi connectivity index (χ2v) is 7.99. The number of para-hydroxylation sites is 1. The molecule has 26 heavy (non-hydrogen) atoms. The summed E-state index contributed by atoms with van der Waals surface area (Å²) >= 11 is 2.99. The molecule has 0 aliphatic carbocycles. The van der Waals surface area contributed by atoms with E-state index in [9.17, 15) is 4.79 Å². The molecule has 0 fully saturated rings. The summed E-state index contributed by atoms with van der Waals surface area (Å²) in [6.45, 7) is 4.51. The van der Waals surface area contributed by atoms with E-state index in [4.69, 9.17) is 4.74 Å². The molecule has 1 unspecified atom stereocenters. The van der Waals surface area contributed by atoms with E-state index in [1.54, 1.807) is 30.0 Å². The number of carbonyl (C=O) groups is 1. The number of carbonyl (C=O) groups excluding carboxylic acids is 1. The lowest BCUT2D eigenvalue weighted by molar-refractivity contribution is 0.102. The summed E-state index contributed by atoms with van der Waals surface area (Å²) in [4.78, 5) is 12.5. The Hall–Kier alpha value is -2.38. The highest BCUT2D eigenvalue weighted by atomic mass is 32.2. The van der Waals surface area contributed by atoms with Crippen molar-refractivity contribution < 1.29 is 9.53 Å². The number of thioether (sulfide) groups is 1. The molecular formula is C19H19N3O2S2. The first-order valence-electron chi connectivity index (χ1n) is 8.25. The third-order valence-electron chi connectivity index (χ3n) is 3.61. The first kappa shape index (κ1) is 18.4. The first-order valence-corrected chi connectivity index (χ1v) is 9.95. The maximum atomic E-state index is 12.5. The van der Waals surface area contributed by atoms with Crippen molar-refractivity contribution in [2.45, 2.75) is 23.4 Å². The van der Waals surface area contributed by atoms with Crippen LogP contribution in [0.5, 0.6) is 5.75 Å². The third kappa shape index (κ3) is 4.62. The number of benzene rings is 2. The normalized spacial score (nSPS) is 11.8. The topological polar surface area (TPSA) is 64.1 Å². The van der Waals surface area contributed by atoms with Crippen LogP contribution in [0.4, 0.5) is 5.13 Å². The van der Waals surface area contributed by atoms with Gasteiger partial charge >= 0.3 is 0 Å². The van der Waals surface area contributed by atoms with Crippen LogP contribution >= 0.6 is 23.1 Å². The largest absolute Gasteiger partial charge is 0.493 e. The second-order valence-electron chi connectivity index (χ2n) is 5.43. The molecule has 0 aliphatic heterocycles. The van der Waals surface area contributed by atoms with Crippen molar-refractivity contribution in [3.63, 3.8) is 0 Å². The summed E-state index contributed by atoms with van der Waals surface area (Å²) in [5.74, 6) is 0.308. The van der Waals surface area contributed by atoms with Crippen LogP contribution in [0, 0.1) is 0 Å². The highest BCUT2D eigenvalue weighted by Gasteiger charge is 2.16. The van der Waals surface area contributed by atoms with E-state index >= 15 is 0 Å². The summed E-state index contributed by atoms with van der Waals surface area (Å²) in [6.07, 6.45) is 0. The Morgan fingerprint density at radius 3 is 2.65 bits per heavy atom. The Morgan fingerprint density at radius 1 is 1.15 bits per heavy atom. The summed E-state index contributed by atoms with van der Waals surface area (Å²) in [5, 5.41) is 11.8. The number of nitrogens with one attached hydrogen (secondary N) is 1. The fourth-order valence-corrected chi connectivity index (χ4v) is 4.37. The standard InChI is InChI=1S/C19H19N3O2S2/c1-3-24-16-12-8-7-11-15(16)17(23)20-18-21-22-19(26-18)25-13(2)14-9-5-4-6-10-14/h4-13H,3H2,1-2H3,(H,20,21,23). The molecule has 0 radical (unpaired) electrons. The van der Waals surface area contributed by atoms with Gasteiger partial charge in [-0.15, -0.1) is 10.2 Å². The summed E-state index contributed by atoms with van der Waals surface area (Å²) in [7, 11) is 0. The van der Waals surface area contributed by atoms with Crippen LogP contribution < -0.4 is 10.1 Å². The van der Waals surface area contributed by atoms with Gasteiger partial charge in [-0.05, 0) is 31.5 Å². The summed E-state index contributed by atoms with van der Waals surface area (Å²) in [6, 6.07) is 17.4. The van der Waals surface area contributed by atoms with Crippen LogP contribution in [0.3, 0.4) is 0 Å². The highest BCUT2D eigenvalue weighted by molar-refractivity contribution is 8.01. The fraction of sp³-hybridized carbons (Fsp3) is 0.211. The SMILES string of the molecule is CCOc1ccccc1C(=O)Nc1nnc(SC(C)c2ccccc2)s1. The number of hydrogen-bond acceptors (Lipinski definition) is 6. The van der Waals surface area contributed by atoms with Crippen molar-refractivity contribution in [3.8, 4) is 5.75 Å². The monoisotopic (exact) mass is 385 g/mol. The molecule has 5 nitrogen and oxygen atoms in total. The van der Waals surface area contributed by atoms with Gasteiger partial charge in [0.25, 0.3) is 5.91 Å². The Morgan fingerprint density at radius 2 is 1.88 bits per heavy atom. The third-order valence-corrected chi connectivity index (χ3v) is 5.69. The number of anilines is 1. The number of nitrogens with zero attached hydrogens (tertiary/aromatic N) is 2. The van der Waals surface area contributed by atoms with Crippen LogP contribution in [-0.2, 0) is 0 Å². The van der Waals surface area contributed by atoms with Crippen molar-refractivity contribution in [1.29, 1.82) is 0 Å². The zero-order valence-electron chi connectivity index (χ0n) is 14.5. The average Bonchev–Trinajstić information content (AvgIpc) is 3.10. The van der Waals surface area contributed by atoms with E-state index in [0.717, 1.165) is 4.34 Å². The van der Waals surface area contributed by atoms with E-state index in [2.05, 4.69) is 34.6 Å². The molecule has 2 aromatic carbocycles. The van der Waals surface area contributed by atoms with Crippen molar-refractivity contribution in [1.82, 2.24) is 10.2 Å². The lowest BCUT2D eigenvalue weighted by Crippen LogP contribution is -2.13. The van der Waals surface area contributed by atoms with Gasteiger partial charge in [0.05, 0.1) is 12.2 Å². The molecule has 1 aromatic heterocycles. The quantitative estimate of drug-likeness (QED) is 0.456. The van der Waals surface area contributed by atoms with Gasteiger partial charge in [-0.25, -0.2) is 0 Å². The minimum absolute atomic E-state index is 0.252. The molecular weight excluding hydrogens is 366 g/mol. The van der Waals surface area contributed by atoms with Crippen LogP contribution in [0.2, 0.25) is 0 Å². The Labute approximate surface area is 160 Å². The van der Waals surface area contributed by atoms with Gasteiger partial charge in [0.15, 0.2) is 4.34 Å². The number of aromatic nitrogens is 2. The Bertz CT molecular complexity index is 868. The Balaban J connectivity index is 1.66. The first-order chi connectivity index (χ1) is 12.7. The van der Waals surface area contributed by atoms with Crippen LogP contribution in [0.1, 0.15) is 35.0 Å². The van der Waals surface area contributed by atoms with Crippen LogP contribution in [0.25, 0.3) is 0 Å². The molecule has 1 heterocycles. The van der Waals surface area contributed by atoms with E-state index in [-0.39, 0.29) is 11.2 Å². The minimum Gasteiger partial charge on any atom is -0.493 e. The smallest absolute Gasteiger partial charge is 0.261 e. The molecule has 3 aromatic rings.